The summed E-state index contributed by atoms with van der Waals surface area (Å²) in [4.78, 5) is 11.5. The van der Waals surface area contributed by atoms with Crippen LogP contribution in [0, 0.1) is 0 Å². The molecule has 1 rings (SSSR count). The number of carbonyl (C=O) groups is 1. The number of hydrogen-bond donors (Lipinski definition) is 2. The number of nitrogens with two attached hydrogens (primary N) is 1. The lowest BCUT2D eigenvalue weighted by Crippen LogP contribution is -2.29. The van der Waals surface area contributed by atoms with Crippen LogP contribution < -0.4 is 15.8 Å². The molecule has 1 aromatic carbocycles. The quantitative estimate of drug-likeness (QED) is 0.849. The van der Waals surface area contributed by atoms with Crippen molar-refractivity contribution in [3.63, 3.8) is 0 Å². The van der Waals surface area contributed by atoms with Crippen LogP contribution in [0.5, 0.6) is 5.75 Å². The van der Waals surface area contributed by atoms with E-state index >= 15 is 0 Å². The topological polar surface area (TPSA) is 64.3 Å². The van der Waals surface area contributed by atoms with Gasteiger partial charge in [0.1, 0.15) is 5.75 Å². The van der Waals surface area contributed by atoms with Gasteiger partial charge in [-0.3, -0.25) is 4.79 Å². The monoisotopic (exact) mass is 306 g/mol. The van der Waals surface area contributed by atoms with Gasteiger partial charge in [0.05, 0.1) is 6.61 Å². The van der Waals surface area contributed by atoms with Gasteiger partial charge in [0.15, 0.2) is 0 Å². The predicted molar refractivity (Wildman–Crippen MR) is 80.0 cm³/mol. The van der Waals surface area contributed by atoms with Gasteiger partial charge in [0, 0.05) is 29.6 Å². The molecule has 0 heterocycles. The van der Waals surface area contributed by atoms with E-state index in [-0.39, 0.29) is 24.4 Å². The number of nitrogens with one attached hydrogen (secondary N) is 1. The number of benzene rings is 1. The maximum Gasteiger partial charge on any atom is 0.221 e. The minimum absolute atomic E-state index is 0. The first-order valence-electron chi connectivity index (χ1n) is 5.96. The summed E-state index contributed by atoms with van der Waals surface area (Å²) in [5.41, 5.74) is 6.46. The molecule has 0 fully saturated rings. The molecule has 0 spiro atoms. The van der Waals surface area contributed by atoms with Gasteiger partial charge in [-0.25, -0.2) is 0 Å². The highest BCUT2D eigenvalue weighted by atomic mass is 35.5. The van der Waals surface area contributed by atoms with E-state index in [2.05, 4.69) is 5.32 Å². The van der Waals surface area contributed by atoms with Crippen molar-refractivity contribution in [3.05, 3.63) is 28.8 Å². The summed E-state index contributed by atoms with van der Waals surface area (Å²) >= 11 is 5.90. The molecular weight excluding hydrogens is 287 g/mol. The molecule has 0 bridgehead atoms. The minimum atomic E-state index is -0.137. The van der Waals surface area contributed by atoms with E-state index in [1.54, 1.807) is 19.1 Å². The van der Waals surface area contributed by atoms with Gasteiger partial charge in [0.2, 0.25) is 5.91 Å². The molecule has 4 nitrogen and oxygen atoms in total. The molecular formula is C13H20Cl2N2O2. The average molecular weight is 307 g/mol. The lowest BCUT2D eigenvalue weighted by atomic mass is 10.2. The summed E-state index contributed by atoms with van der Waals surface area (Å²) < 4.78 is 5.47. The number of carbonyl (C=O) groups excluding carboxylic acids is 1. The summed E-state index contributed by atoms with van der Waals surface area (Å²) in [6.45, 7) is 4.67. The second-order valence-electron chi connectivity index (χ2n) is 4.14. The van der Waals surface area contributed by atoms with E-state index in [1.807, 2.05) is 13.0 Å². The van der Waals surface area contributed by atoms with Gasteiger partial charge >= 0.3 is 0 Å². The molecule has 1 unspecified atom stereocenters. The van der Waals surface area contributed by atoms with Crippen molar-refractivity contribution in [2.75, 3.05) is 6.61 Å². The normalized spacial score (nSPS) is 11.4. The van der Waals surface area contributed by atoms with E-state index in [0.29, 0.717) is 30.3 Å². The van der Waals surface area contributed by atoms with Crippen LogP contribution in [0.4, 0.5) is 0 Å². The third-order valence-corrected chi connectivity index (χ3v) is 2.55. The molecule has 0 aromatic heterocycles. The van der Waals surface area contributed by atoms with Crippen LogP contribution >= 0.6 is 24.0 Å². The molecule has 108 valence electrons. The smallest absolute Gasteiger partial charge is 0.221 e. The van der Waals surface area contributed by atoms with Crippen molar-refractivity contribution in [1.82, 2.24) is 5.32 Å². The van der Waals surface area contributed by atoms with Gasteiger partial charge < -0.3 is 15.8 Å². The lowest BCUT2D eigenvalue weighted by molar-refractivity contribution is -0.121. The maximum atomic E-state index is 11.5. The Morgan fingerprint density at radius 2 is 2.21 bits per heavy atom. The van der Waals surface area contributed by atoms with Crippen LogP contribution in [0.25, 0.3) is 0 Å². The summed E-state index contributed by atoms with van der Waals surface area (Å²) in [5, 5.41) is 3.42. The van der Waals surface area contributed by atoms with Crippen molar-refractivity contribution in [2.45, 2.75) is 32.9 Å². The fourth-order valence-electron chi connectivity index (χ4n) is 1.52. The van der Waals surface area contributed by atoms with Crippen molar-refractivity contribution in [3.8, 4) is 5.75 Å². The van der Waals surface area contributed by atoms with Crippen molar-refractivity contribution >= 4 is 29.9 Å². The van der Waals surface area contributed by atoms with E-state index < -0.39 is 0 Å². The molecule has 0 radical (unpaired) electrons. The molecule has 0 saturated carbocycles. The van der Waals surface area contributed by atoms with Gasteiger partial charge in [-0.1, -0.05) is 17.7 Å². The van der Waals surface area contributed by atoms with Crippen molar-refractivity contribution < 1.29 is 9.53 Å². The Bertz CT molecular complexity index is 412. The molecule has 6 heteroatoms. The standard InChI is InChI=1S/C13H19ClN2O2.ClH/c1-3-18-12-7-11(14)5-4-10(12)8-16-13(17)6-9(2)15;/h4-5,7,9H,3,6,8,15H2,1-2H3,(H,16,17);1H. The summed E-state index contributed by atoms with van der Waals surface area (Å²) in [5.74, 6) is 0.633. The molecule has 1 amide bonds. The van der Waals surface area contributed by atoms with Crippen LogP contribution in [0.1, 0.15) is 25.8 Å². The molecule has 0 aliphatic heterocycles. The molecule has 0 aliphatic rings. The van der Waals surface area contributed by atoms with Crippen molar-refractivity contribution in [2.24, 2.45) is 5.73 Å². The second-order valence-corrected chi connectivity index (χ2v) is 4.58. The van der Waals surface area contributed by atoms with Crippen LogP contribution in [0.15, 0.2) is 18.2 Å². The minimum Gasteiger partial charge on any atom is -0.493 e. The molecule has 19 heavy (non-hydrogen) atoms. The summed E-state index contributed by atoms with van der Waals surface area (Å²) in [6.07, 6.45) is 0.317. The largest absolute Gasteiger partial charge is 0.493 e. The summed E-state index contributed by atoms with van der Waals surface area (Å²) in [7, 11) is 0. The Labute approximate surface area is 125 Å². The molecule has 1 aromatic rings. The zero-order chi connectivity index (χ0) is 13.5. The first-order valence-corrected chi connectivity index (χ1v) is 6.34. The van der Waals surface area contributed by atoms with E-state index in [1.165, 1.54) is 0 Å². The third kappa shape index (κ3) is 6.66. The highest BCUT2D eigenvalue weighted by Gasteiger charge is 2.08. The highest BCUT2D eigenvalue weighted by Crippen LogP contribution is 2.23. The zero-order valence-electron chi connectivity index (χ0n) is 11.1. The van der Waals surface area contributed by atoms with Crippen molar-refractivity contribution in [1.29, 1.82) is 0 Å². The molecule has 3 N–H and O–H groups in total. The molecule has 1 atom stereocenters. The Morgan fingerprint density at radius 1 is 1.53 bits per heavy atom. The Balaban J connectivity index is 0.00000324. The van der Waals surface area contributed by atoms with Gasteiger partial charge in [0.25, 0.3) is 0 Å². The number of halogens is 2. The van der Waals surface area contributed by atoms with Gasteiger partial charge in [-0.15, -0.1) is 12.4 Å². The SMILES string of the molecule is CCOc1cc(Cl)ccc1CNC(=O)CC(C)N.Cl. The highest BCUT2D eigenvalue weighted by molar-refractivity contribution is 6.30. The fourth-order valence-corrected chi connectivity index (χ4v) is 1.68. The second kappa shape index (κ2) is 9.02. The van der Waals surface area contributed by atoms with Crippen LogP contribution in [-0.4, -0.2) is 18.6 Å². The fraction of sp³-hybridized carbons (Fsp3) is 0.462. The Hall–Kier alpha value is -0.970. The lowest BCUT2D eigenvalue weighted by Gasteiger charge is -2.12. The van der Waals surface area contributed by atoms with Gasteiger partial charge in [-0.2, -0.15) is 0 Å². The Morgan fingerprint density at radius 3 is 2.79 bits per heavy atom. The number of ether oxygens (including phenoxy) is 1. The number of rotatable bonds is 6. The van der Waals surface area contributed by atoms with E-state index in [4.69, 9.17) is 22.1 Å². The maximum absolute atomic E-state index is 11.5. The average Bonchev–Trinajstić information content (AvgIpc) is 2.27. The number of hydrogen-bond acceptors (Lipinski definition) is 3. The third-order valence-electron chi connectivity index (χ3n) is 2.31. The van der Waals surface area contributed by atoms with Gasteiger partial charge in [-0.05, 0) is 26.0 Å². The predicted octanol–water partition coefficient (Wildman–Crippen LogP) is 2.51. The Kier molecular flexibility index (Phi) is 8.56. The first-order chi connectivity index (χ1) is 8.52. The zero-order valence-corrected chi connectivity index (χ0v) is 12.7. The first kappa shape index (κ1) is 18.0. The molecule has 0 aliphatic carbocycles. The van der Waals surface area contributed by atoms with Crippen LogP contribution in [-0.2, 0) is 11.3 Å². The molecule has 0 saturated heterocycles. The van der Waals surface area contributed by atoms with Crippen LogP contribution in [0.2, 0.25) is 5.02 Å². The van der Waals surface area contributed by atoms with Crippen LogP contribution in [0.3, 0.4) is 0 Å². The number of amides is 1. The van der Waals surface area contributed by atoms with E-state index in [9.17, 15) is 4.79 Å². The summed E-state index contributed by atoms with van der Waals surface area (Å²) in [6, 6.07) is 5.23. The van der Waals surface area contributed by atoms with E-state index in [0.717, 1.165) is 5.56 Å².